The number of amides is 2. The van der Waals surface area contributed by atoms with Gasteiger partial charge in [-0.2, -0.15) is 0 Å². The van der Waals surface area contributed by atoms with E-state index < -0.39 is 0 Å². The van der Waals surface area contributed by atoms with Crippen LogP contribution in [0.2, 0.25) is 0 Å². The fraction of sp³-hybridized carbons (Fsp3) is 0.300. The number of hydrogen-bond acceptors (Lipinski definition) is 3. The van der Waals surface area contributed by atoms with Gasteiger partial charge < -0.3 is 15.0 Å². The summed E-state index contributed by atoms with van der Waals surface area (Å²) in [6, 6.07) is 13.2. The highest BCUT2D eigenvalue weighted by Crippen LogP contribution is 2.29. The third-order valence-electron chi connectivity index (χ3n) is 4.49. The summed E-state index contributed by atoms with van der Waals surface area (Å²) in [4.78, 5) is 26.7. The van der Waals surface area contributed by atoms with Gasteiger partial charge in [-0.3, -0.25) is 9.59 Å². The summed E-state index contributed by atoms with van der Waals surface area (Å²) in [6.45, 7) is 4.38. The first-order valence-corrected chi connectivity index (χ1v) is 8.30. The van der Waals surface area contributed by atoms with E-state index in [2.05, 4.69) is 5.32 Å². The molecule has 1 aliphatic heterocycles. The van der Waals surface area contributed by atoms with E-state index in [4.69, 9.17) is 4.74 Å². The second-order valence-electron chi connectivity index (χ2n) is 6.42. The van der Waals surface area contributed by atoms with Gasteiger partial charge in [0, 0.05) is 30.4 Å². The normalized spacial score (nSPS) is 16.8. The molecule has 5 heteroatoms. The topological polar surface area (TPSA) is 58.6 Å². The number of carbonyl (C=O) groups is 2. The molecule has 0 bridgehead atoms. The predicted octanol–water partition coefficient (Wildman–Crippen LogP) is 3.30. The average Bonchev–Trinajstić information content (AvgIpc) is 2.99. The number of rotatable bonds is 4. The van der Waals surface area contributed by atoms with Gasteiger partial charge in [0.1, 0.15) is 5.75 Å². The molecule has 0 aromatic heterocycles. The Kier molecular flexibility index (Phi) is 4.74. The lowest BCUT2D eigenvalue weighted by Crippen LogP contribution is -2.28. The lowest BCUT2D eigenvalue weighted by atomic mass is 10.1. The van der Waals surface area contributed by atoms with Crippen LogP contribution in [0.25, 0.3) is 0 Å². The molecule has 0 aliphatic carbocycles. The summed E-state index contributed by atoms with van der Waals surface area (Å²) in [6.07, 6.45) is 0.225. The van der Waals surface area contributed by atoms with E-state index in [1.165, 1.54) is 0 Å². The van der Waals surface area contributed by atoms with Crippen molar-refractivity contribution in [3.8, 4) is 5.75 Å². The molecule has 2 aromatic rings. The Hall–Kier alpha value is -2.82. The molecule has 1 aliphatic rings. The van der Waals surface area contributed by atoms with Crippen LogP contribution in [0.15, 0.2) is 42.5 Å². The lowest BCUT2D eigenvalue weighted by molar-refractivity contribution is -0.122. The fourth-order valence-electron chi connectivity index (χ4n) is 3.07. The third-order valence-corrected chi connectivity index (χ3v) is 4.49. The zero-order valence-corrected chi connectivity index (χ0v) is 14.7. The first kappa shape index (κ1) is 17.0. The monoisotopic (exact) mass is 338 g/mol. The Labute approximate surface area is 147 Å². The molecular formula is C20H22N2O3. The van der Waals surface area contributed by atoms with Gasteiger partial charge in [0.15, 0.2) is 0 Å². The SMILES string of the molecule is COc1cccc(NC(=O)[C@H]2CC(=O)N(c3cc(C)ccc3C)C2)c1. The highest BCUT2D eigenvalue weighted by atomic mass is 16.5. The molecule has 1 heterocycles. The molecule has 1 fully saturated rings. The summed E-state index contributed by atoms with van der Waals surface area (Å²) < 4.78 is 5.16. The number of nitrogens with zero attached hydrogens (tertiary/aromatic N) is 1. The third kappa shape index (κ3) is 3.65. The van der Waals surface area contributed by atoms with E-state index in [-0.39, 0.29) is 24.2 Å². The minimum absolute atomic E-state index is 0.0144. The molecule has 1 atom stereocenters. The van der Waals surface area contributed by atoms with Crippen LogP contribution in [0, 0.1) is 19.8 Å². The van der Waals surface area contributed by atoms with E-state index in [0.29, 0.717) is 18.0 Å². The van der Waals surface area contributed by atoms with E-state index >= 15 is 0 Å². The number of benzene rings is 2. The average molecular weight is 338 g/mol. The molecule has 5 nitrogen and oxygen atoms in total. The van der Waals surface area contributed by atoms with Gasteiger partial charge >= 0.3 is 0 Å². The number of methoxy groups -OCH3 is 1. The summed E-state index contributed by atoms with van der Waals surface area (Å²) >= 11 is 0. The molecule has 2 aromatic carbocycles. The number of ether oxygens (including phenoxy) is 1. The van der Waals surface area contributed by atoms with Crippen molar-refractivity contribution in [3.05, 3.63) is 53.6 Å². The molecule has 1 N–H and O–H groups in total. The Morgan fingerprint density at radius 3 is 2.76 bits per heavy atom. The molecular weight excluding hydrogens is 316 g/mol. The number of carbonyl (C=O) groups excluding carboxylic acids is 2. The first-order chi connectivity index (χ1) is 12.0. The van der Waals surface area contributed by atoms with Crippen molar-refractivity contribution in [3.63, 3.8) is 0 Å². The van der Waals surface area contributed by atoms with Crippen molar-refractivity contribution in [2.75, 3.05) is 23.9 Å². The predicted molar refractivity (Wildman–Crippen MR) is 98.0 cm³/mol. The summed E-state index contributed by atoms with van der Waals surface area (Å²) in [5, 5.41) is 2.88. The van der Waals surface area contributed by atoms with E-state index in [1.807, 2.05) is 44.2 Å². The van der Waals surface area contributed by atoms with E-state index in [1.54, 1.807) is 24.1 Å². The maximum atomic E-state index is 12.6. The van der Waals surface area contributed by atoms with E-state index in [0.717, 1.165) is 16.8 Å². The van der Waals surface area contributed by atoms with Gasteiger partial charge in [-0.05, 0) is 43.2 Å². The number of anilines is 2. The van der Waals surface area contributed by atoms with Gasteiger partial charge in [-0.25, -0.2) is 0 Å². The van der Waals surface area contributed by atoms with Crippen molar-refractivity contribution >= 4 is 23.2 Å². The van der Waals surface area contributed by atoms with Gasteiger partial charge in [0.05, 0.1) is 13.0 Å². The van der Waals surface area contributed by atoms with Crippen molar-refractivity contribution in [1.82, 2.24) is 0 Å². The molecule has 0 unspecified atom stereocenters. The molecule has 130 valence electrons. The maximum absolute atomic E-state index is 12.6. The second kappa shape index (κ2) is 6.97. The smallest absolute Gasteiger partial charge is 0.229 e. The Morgan fingerprint density at radius 2 is 2.00 bits per heavy atom. The summed E-state index contributed by atoms with van der Waals surface area (Å²) in [5.41, 5.74) is 3.69. The standard InChI is InChI=1S/C20H22N2O3/c1-13-7-8-14(2)18(9-13)22-12-15(10-19(22)23)20(24)21-16-5-4-6-17(11-16)25-3/h4-9,11,15H,10,12H2,1-3H3,(H,21,24)/t15-/m0/s1. The highest BCUT2D eigenvalue weighted by Gasteiger charge is 2.35. The van der Waals surface area contributed by atoms with Crippen LogP contribution < -0.4 is 15.0 Å². The minimum atomic E-state index is -0.362. The quantitative estimate of drug-likeness (QED) is 0.930. The van der Waals surface area contributed by atoms with Crippen LogP contribution in [0.4, 0.5) is 11.4 Å². The van der Waals surface area contributed by atoms with Crippen LogP contribution in [0.1, 0.15) is 17.5 Å². The van der Waals surface area contributed by atoms with Gasteiger partial charge in [-0.15, -0.1) is 0 Å². The molecule has 0 spiro atoms. The van der Waals surface area contributed by atoms with E-state index in [9.17, 15) is 9.59 Å². The Bertz CT molecular complexity index is 816. The van der Waals surface area contributed by atoms with Gasteiger partial charge in [0.2, 0.25) is 11.8 Å². The Balaban J connectivity index is 1.73. The first-order valence-electron chi connectivity index (χ1n) is 8.30. The van der Waals surface area contributed by atoms with Crippen molar-refractivity contribution in [2.24, 2.45) is 5.92 Å². The molecule has 0 radical (unpaired) electrons. The van der Waals surface area contributed by atoms with Gasteiger partial charge in [-0.1, -0.05) is 18.2 Å². The summed E-state index contributed by atoms with van der Waals surface area (Å²) in [7, 11) is 1.58. The zero-order chi connectivity index (χ0) is 18.0. The molecule has 25 heavy (non-hydrogen) atoms. The van der Waals surface area contributed by atoms with Crippen LogP contribution in [-0.4, -0.2) is 25.5 Å². The van der Waals surface area contributed by atoms with Crippen LogP contribution in [-0.2, 0) is 9.59 Å². The van der Waals surface area contributed by atoms with Crippen LogP contribution in [0.3, 0.4) is 0 Å². The van der Waals surface area contributed by atoms with Crippen molar-refractivity contribution < 1.29 is 14.3 Å². The van der Waals surface area contributed by atoms with Gasteiger partial charge in [0.25, 0.3) is 0 Å². The number of hydrogen-bond donors (Lipinski definition) is 1. The molecule has 2 amide bonds. The summed E-state index contributed by atoms with van der Waals surface area (Å²) in [5.74, 6) is 0.157. The Morgan fingerprint density at radius 1 is 1.20 bits per heavy atom. The van der Waals surface area contributed by atoms with Crippen molar-refractivity contribution in [1.29, 1.82) is 0 Å². The number of nitrogens with one attached hydrogen (secondary N) is 1. The lowest BCUT2D eigenvalue weighted by Gasteiger charge is -2.19. The minimum Gasteiger partial charge on any atom is -0.497 e. The molecule has 0 saturated carbocycles. The largest absolute Gasteiger partial charge is 0.497 e. The van der Waals surface area contributed by atoms with Crippen LogP contribution in [0.5, 0.6) is 5.75 Å². The zero-order valence-electron chi connectivity index (χ0n) is 14.7. The fourth-order valence-corrected chi connectivity index (χ4v) is 3.07. The van der Waals surface area contributed by atoms with Crippen molar-refractivity contribution in [2.45, 2.75) is 20.3 Å². The number of aryl methyl sites for hydroxylation is 2. The highest BCUT2D eigenvalue weighted by molar-refractivity contribution is 6.03. The second-order valence-corrected chi connectivity index (χ2v) is 6.42. The molecule has 3 rings (SSSR count). The maximum Gasteiger partial charge on any atom is 0.229 e. The van der Waals surface area contributed by atoms with Crippen LogP contribution >= 0.6 is 0 Å². The molecule has 1 saturated heterocycles.